The summed E-state index contributed by atoms with van der Waals surface area (Å²) in [5.74, 6) is 2.49. The van der Waals surface area contributed by atoms with Crippen molar-refractivity contribution in [3.8, 4) is 0 Å². The van der Waals surface area contributed by atoms with Gasteiger partial charge in [-0.15, -0.1) is 0 Å². The summed E-state index contributed by atoms with van der Waals surface area (Å²) in [6.07, 6.45) is 4.42. The molecule has 0 aliphatic carbocycles. The Hall–Kier alpha value is -0.850. The number of thioether (sulfide) groups is 1. The molecule has 1 aliphatic heterocycles. The van der Waals surface area contributed by atoms with Crippen LogP contribution in [0.15, 0.2) is 6.20 Å². The zero-order valence-electron chi connectivity index (χ0n) is 10.7. The highest BCUT2D eigenvalue weighted by Gasteiger charge is 2.16. The SMILES string of the molecule is Cn1ncc2c(Cl)nc(CSCC3CCCO3)nc21. The Kier molecular flexibility index (Phi) is 3.91. The van der Waals surface area contributed by atoms with Crippen LogP contribution in [0.4, 0.5) is 0 Å². The Morgan fingerprint density at radius 2 is 2.42 bits per heavy atom. The normalized spacial score (nSPS) is 19.4. The van der Waals surface area contributed by atoms with E-state index in [0.29, 0.717) is 11.3 Å². The third kappa shape index (κ3) is 2.85. The summed E-state index contributed by atoms with van der Waals surface area (Å²) >= 11 is 7.93. The van der Waals surface area contributed by atoms with Gasteiger partial charge in [0.25, 0.3) is 0 Å². The fourth-order valence-electron chi connectivity index (χ4n) is 2.15. The maximum absolute atomic E-state index is 6.14. The number of aromatic nitrogens is 4. The van der Waals surface area contributed by atoms with E-state index >= 15 is 0 Å². The first kappa shape index (κ1) is 13.1. The lowest BCUT2D eigenvalue weighted by molar-refractivity contribution is 0.129. The van der Waals surface area contributed by atoms with Crippen LogP contribution >= 0.6 is 23.4 Å². The summed E-state index contributed by atoms with van der Waals surface area (Å²) in [5.41, 5.74) is 0.785. The van der Waals surface area contributed by atoms with E-state index in [9.17, 15) is 0 Å². The van der Waals surface area contributed by atoms with Crippen molar-refractivity contribution < 1.29 is 4.74 Å². The van der Waals surface area contributed by atoms with Crippen LogP contribution in [0.3, 0.4) is 0 Å². The van der Waals surface area contributed by atoms with Crippen molar-refractivity contribution >= 4 is 34.4 Å². The van der Waals surface area contributed by atoms with Crippen LogP contribution in [0.1, 0.15) is 18.7 Å². The molecule has 0 bridgehead atoms. The largest absolute Gasteiger partial charge is 0.377 e. The molecule has 3 rings (SSSR count). The molecule has 0 spiro atoms. The van der Waals surface area contributed by atoms with E-state index < -0.39 is 0 Å². The van der Waals surface area contributed by atoms with Crippen LogP contribution < -0.4 is 0 Å². The number of nitrogens with zero attached hydrogens (tertiary/aromatic N) is 4. The predicted molar refractivity (Wildman–Crippen MR) is 76.5 cm³/mol. The molecule has 1 saturated heterocycles. The van der Waals surface area contributed by atoms with Crippen LogP contribution in [0.5, 0.6) is 0 Å². The molecule has 0 amide bonds. The molecule has 3 heterocycles. The van der Waals surface area contributed by atoms with Gasteiger partial charge in [0, 0.05) is 19.4 Å². The molecular formula is C12H15ClN4OS. The van der Waals surface area contributed by atoms with Crippen molar-refractivity contribution in [2.45, 2.75) is 24.7 Å². The highest BCUT2D eigenvalue weighted by Crippen LogP contribution is 2.23. The van der Waals surface area contributed by atoms with E-state index in [1.165, 1.54) is 6.42 Å². The molecule has 5 nitrogen and oxygen atoms in total. The second-order valence-electron chi connectivity index (χ2n) is 4.59. The van der Waals surface area contributed by atoms with Crippen molar-refractivity contribution in [1.29, 1.82) is 0 Å². The molecule has 0 radical (unpaired) electrons. The zero-order valence-corrected chi connectivity index (χ0v) is 12.2. The number of aryl methyl sites for hydroxylation is 1. The van der Waals surface area contributed by atoms with Gasteiger partial charge in [0.1, 0.15) is 11.0 Å². The minimum Gasteiger partial charge on any atom is -0.377 e. The van der Waals surface area contributed by atoms with Gasteiger partial charge in [-0.05, 0) is 12.8 Å². The smallest absolute Gasteiger partial charge is 0.162 e. The Balaban J connectivity index is 1.68. The maximum Gasteiger partial charge on any atom is 0.162 e. The third-order valence-electron chi connectivity index (χ3n) is 3.15. The van der Waals surface area contributed by atoms with Gasteiger partial charge in [-0.3, -0.25) is 4.68 Å². The van der Waals surface area contributed by atoms with Gasteiger partial charge in [0.15, 0.2) is 5.65 Å². The maximum atomic E-state index is 6.14. The summed E-state index contributed by atoms with van der Waals surface area (Å²) in [5, 5.41) is 5.42. The Morgan fingerprint density at radius 3 is 3.21 bits per heavy atom. The van der Waals surface area contributed by atoms with E-state index in [1.807, 2.05) is 7.05 Å². The van der Waals surface area contributed by atoms with Gasteiger partial charge in [-0.2, -0.15) is 16.9 Å². The molecule has 2 aromatic heterocycles. The molecule has 1 unspecified atom stereocenters. The van der Waals surface area contributed by atoms with Crippen LogP contribution in [0.25, 0.3) is 11.0 Å². The van der Waals surface area contributed by atoms with Crippen LogP contribution in [-0.2, 0) is 17.5 Å². The van der Waals surface area contributed by atoms with Crippen LogP contribution in [0.2, 0.25) is 5.15 Å². The molecule has 0 saturated carbocycles. The average Bonchev–Trinajstić information content (AvgIpc) is 3.01. The third-order valence-corrected chi connectivity index (χ3v) is 4.51. The fourth-order valence-corrected chi connectivity index (χ4v) is 3.34. The summed E-state index contributed by atoms with van der Waals surface area (Å²) in [7, 11) is 1.86. The number of ether oxygens (including phenoxy) is 1. The molecule has 0 aromatic carbocycles. The lowest BCUT2D eigenvalue weighted by Crippen LogP contribution is -2.08. The molecule has 102 valence electrons. The summed E-state index contributed by atoms with van der Waals surface area (Å²) in [6.45, 7) is 0.897. The van der Waals surface area contributed by atoms with E-state index in [0.717, 1.165) is 41.4 Å². The number of hydrogen-bond donors (Lipinski definition) is 0. The summed E-state index contributed by atoms with van der Waals surface area (Å²) < 4.78 is 7.31. The van der Waals surface area contributed by atoms with Crippen LogP contribution in [0, 0.1) is 0 Å². The number of fused-ring (bicyclic) bond motifs is 1. The van der Waals surface area contributed by atoms with Crippen molar-refractivity contribution in [2.75, 3.05) is 12.4 Å². The second-order valence-corrected chi connectivity index (χ2v) is 5.97. The van der Waals surface area contributed by atoms with Crippen molar-refractivity contribution in [2.24, 2.45) is 7.05 Å². The highest BCUT2D eigenvalue weighted by molar-refractivity contribution is 7.98. The van der Waals surface area contributed by atoms with Crippen molar-refractivity contribution in [3.05, 3.63) is 17.2 Å². The van der Waals surface area contributed by atoms with E-state index in [1.54, 1.807) is 22.6 Å². The average molecular weight is 299 g/mol. The Labute approximate surface area is 120 Å². The molecule has 7 heteroatoms. The number of rotatable bonds is 4. The summed E-state index contributed by atoms with van der Waals surface area (Å²) in [4.78, 5) is 8.82. The number of halogens is 1. The van der Waals surface area contributed by atoms with E-state index in [4.69, 9.17) is 16.3 Å². The molecule has 2 aromatic rings. The monoisotopic (exact) mass is 298 g/mol. The summed E-state index contributed by atoms with van der Waals surface area (Å²) in [6, 6.07) is 0. The highest BCUT2D eigenvalue weighted by atomic mass is 35.5. The van der Waals surface area contributed by atoms with E-state index in [-0.39, 0.29) is 0 Å². The molecule has 1 aliphatic rings. The van der Waals surface area contributed by atoms with Gasteiger partial charge < -0.3 is 4.74 Å². The molecular weight excluding hydrogens is 284 g/mol. The number of hydrogen-bond acceptors (Lipinski definition) is 5. The second kappa shape index (κ2) is 5.64. The zero-order chi connectivity index (χ0) is 13.2. The van der Waals surface area contributed by atoms with Gasteiger partial charge in [-0.25, -0.2) is 9.97 Å². The van der Waals surface area contributed by atoms with Gasteiger partial charge in [0.05, 0.1) is 23.4 Å². The van der Waals surface area contributed by atoms with Gasteiger partial charge >= 0.3 is 0 Å². The topological polar surface area (TPSA) is 52.8 Å². The lowest BCUT2D eigenvalue weighted by atomic mass is 10.3. The van der Waals surface area contributed by atoms with E-state index in [2.05, 4.69) is 15.1 Å². The molecule has 0 N–H and O–H groups in total. The van der Waals surface area contributed by atoms with Crippen molar-refractivity contribution in [1.82, 2.24) is 19.7 Å². The quantitative estimate of drug-likeness (QED) is 0.812. The van der Waals surface area contributed by atoms with Gasteiger partial charge in [-0.1, -0.05) is 11.6 Å². The predicted octanol–water partition coefficient (Wildman–Crippen LogP) is 2.43. The lowest BCUT2D eigenvalue weighted by Gasteiger charge is -2.08. The Bertz CT molecular complexity index is 582. The standard InChI is InChI=1S/C12H15ClN4OS/c1-17-12-9(5-14-17)11(13)15-10(16-12)7-19-6-8-3-2-4-18-8/h5,8H,2-4,6-7H2,1H3. The minimum absolute atomic E-state index is 0.390. The molecule has 19 heavy (non-hydrogen) atoms. The van der Waals surface area contributed by atoms with Gasteiger partial charge in [0.2, 0.25) is 0 Å². The molecule has 1 atom stereocenters. The minimum atomic E-state index is 0.390. The first-order chi connectivity index (χ1) is 9.24. The molecule has 1 fully saturated rings. The first-order valence-electron chi connectivity index (χ1n) is 6.27. The Morgan fingerprint density at radius 1 is 1.53 bits per heavy atom. The van der Waals surface area contributed by atoms with Crippen LogP contribution in [-0.4, -0.2) is 38.2 Å². The first-order valence-corrected chi connectivity index (χ1v) is 7.81. The fraction of sp³-hybridized carbons (Fsp3) is 0.583. The van der Waals surface area contributed by atoms with Crippen molar-refractivity contribution in [3.63, 3.8) is 0 Å².